The van der Waals surface area contributed by atoms with E-state index in [-0.39, 0.29) is 12.1 Å². The molecule has 0 radical (unpaired) electrons. The third-order valence-electron chi connectivity index (χ3n) is 5.17. The fourth-order valence-corrected chi connectivity index (χ4v) is 3.56. The predicted molar refractivity (Wildman–Crippen MR) is 101 cm³/mol. The van der Waals surface area contributed by atoms with Crippen LogP contribution in [-0.2, 0) is 6.42 Å². The van der Waals surface area contributed by atoms with Crippen LogP contribution >= 0.6 is 0 Å². The maximum atomic E-state index is 11.8. The van der Waals surface area contributed by atoms with Crippen molar-refractivity contribution in [2.45, 2.75) is 50.7 Å². The molecule has 2 aliphatic carbocycles. The number of carbonyl (C=O) groups is 1. The largest absolute Gasteiger partial charge is 0.335 e. The van der Waals surface area contributed by atoms with Crippen LogP contribution in [0.4, 0.5) is 10.5 Å². The highest BCUT2D eigenvalue weighted by molar-refractivity contribution is 5.89. The highest BCUT2D eigenvalue weighted by Gasteiger charge is 2.24. The fourth-order valence-electron chi connectivity index (χ4n) is 3.56. The minimum absolute atomic E-state index is 0.107. The lowest BCUT2D eigenvalue weighted by atomic mass is 10.0. The molecule has 130 valence electrons. The third-order valence-corrected chi connectivity index (χ3v) is 5.17. The van der Waals surface area contributed by atoms with E-state index in [4.69, 9.17) is 0 Å². The first-order valence-electron chi connectivity index (χ1n) is 9.20. The van der Waals surface area contributed by atoms with Gasteiger partial charge in [0.2, 0.25) is 0 Å². The van der Waals surface area contributed by atoms with Gasteiger partial charge in [-0.05, 0) is 61.4 Å². The molecule has 2 aliphatic rings. The van der Waals surface area contributed by atoms with Gasteiger partial charge >= 0.3 is 6.03 Å². The molecule has 0 unspecified atom stereocenters. The van der Waals surface area contributed by atoms with E-state index in [1.807, 2.05) is 12.1 Å². The van der Waals surface area contributed by atoms with Gasteiger partial charge < -0.3 is 16.0 Å². The summed E-state index contributed by atoms with van der Waals surface area (Å²) in [5.74, 6) is 0. The van der Waals surface area contributed by atoms with E-state index in [1.54, 1.807) is 0 Å². The van der Waals surface area contributed by atoms with Crippen molar-refractivity contribution in [3.8, 4) is 0 Å². The van der Waals surface area contributed by atoms with Crippen molar-refractivity contribution in [2.24, 2.45) is 0 Å². The van der Waals surface area contributed by atoms with Crippen molar-refractivity contribution in [3.05, 3.63) is 65.2 Å². The fraction of sp³-hybridized carbons (Fsp3) is 0.381. The van der Waals surface area contributed by atoms with Crippen LogP contribution < -0.4 is 16.0 Å². The molecule has 2 atom stereocenters. The van der Waals surface area contributed by atoms with Crippen molar-refractivity contribution in [1.29, 1.82) is 0 Å². The van der Waals surface area contributed by atoms with Crippen LogP contribution in [-0.4, -0.2) is 12.1 Å². The summed E-state index contributed by atoms with van der Waals surface area (Å²) >= 11 is 0. The average Bonchev–Trinajstić information content (AvgIpc) is 3.34. The van der Waals surface area contributed by atoms with Gasteiger partial charge in [-0.25, -0.2) is 4.79 Å². The Bertz CT molecular complexity index is 752. The van der Waals surface area contributed by atoms with Crippen molar-refractivity contribution < 1.29 is 4.79 Å². The van der Waals surface area contributed by atoms with Crippen LogP contribution in [0.1, 0.15) is 55.0 Å². The zero-order chi connectivity index (χ0) is 17.2. The van der Waals surface area contributed by atoms with Crippen molar-refractivity contribution in [1.82, 2.24) is 10.6 Å². The zero-order valence-corrected chi connectivity index (χ0v) is 14.6. The monoisotopic (exact) mass is 335 g/mol. The molecule has 1 fully saturated rings. The van der Waals surface area contributed by atoms with Gasteiger partial charge in [0.25, 0.3) is 0 Å². The third kappa shape index (κ3) is 3.85. The molecule has 0 aliphatic heterocycles. The standard InChI is InChI=1S/C21H25N3O/c1-14(22-20-13-8-16-4-2-3-5-19(16)20)15-6-9-17(10-7-15)23-21(25)24-18-11-12-18/h2-7,9-10,14,18,20,22H,8,11-13H2,1H3,(H2,23,24,25)/t14-,20-/m1/s1. The lowest BCUT2D eigenvalue weighted by Gasteiger charge is -2.21. The first-order valence-corrected chi connectivity index (χ1v) is 9.20. The molecule has 25 heavy (non-hydrogen) atoms. The summed E-state index contributed by atoms with van der Waals surface area (Å²) in [5.41, 5.74) is 4.97. The summed E-state index contributed by atoms with van der Waals surface area (Å²) in [4.78, 5) is 11.8. The Balaban J connectivity index is 1.36. The van der Waals surface area contributed by atoms with Gasteiger partial charge in [0.1, 0.15) is 0 Å². The van der Waals surface area contributed by atoms with E-state index in [9.17, 15) is 4.79 Å². The van der Waals surface area contributed by atoms with E-state index < -0.39 is 0 Å². The summed E-state index contributed by atoms with van der Waals surface area (Å²) in [6.45, 7) is 2.20. The number of rotatable bonds is 5. The van der Waals surface area contributed by atoms with Gasteiger partial charge in [-0.15, -0.1) is 0 Å². The smallest absolute Gasteiger partial charge is 0.319 e. The molecule has 4 nitrogen and oxygen atoms in total. The lowest BCUT2D eigenvalue weighted by Crippen LogP contribution is -2.30. The summed E-state index contributed by atoms with van der Waals surface area (Å²) in [5, 5.41) is 9.58. The van der Waals surface area contributed by atoms with Crippen molar-refractivity contribution in [2.75, 3.05) is 5.32 Å². The van der Waals surface area contributed by atoms with Gasteiger partial charge in [0, 0.05) is 23.8 Å². The number of carbonyl (C=O) groups excluding carboxylic acids is 1. The number of amides is 2. The van der Waals surface area contributed by atoms with Crippen LogP contribution in [0.15, 0.2) is 48.5 Å². The molecular formula is C21H25N3O. The van der Waals surface area contributed by atoms with Crippen LogP contribution in [0.5, 0.6) is 0 Å². The maximum Gasteiger partial charge on any atom is 0.319 e. The maximum absolute atomic E-state index is 11.8. The minimum Gasteiger partial charge on any atom is -0.335 e. The van der Waals surface area contributed by atoms with Crippen LogP contribution in [0.2, 0.25) is 0 Å². The zero-order valence-electron chi connectivity index (χ0n) is 14.6. The molecule has 0 bridgehead atoms. The second-order valence-electron chi connectivity index (χ2n) is 7.17. The molecule has 2 amide bonds. The number of urea groups is 1. The SMILES string of the molecule is C[C@@H](N[C@@H]1CCc2ccccc21)c1ccc(NC(=O)NC2CC2)cc1. The molecule has 2 aromatic carbocycles. The minimum atomic E-state index is -0.107. The Morgan fingerprint density at radius 1 is 1.04 bits per heavy atom. The van der Waals surface area contributed by atoms with E-state index in [0.29, 0.717) is 12.1 Å². The molecule has 4 rings (SSSR count). The summed E-state index contributed by atoms with van der Waals surface area (Å²) in [6, 6.07) is 17.8. The molecule has 0 heterocycles. The Hall–Kier alpha value is -2.33. The second kappa shape index (κ2) is 6.89. The topological polar surface area (TPSA) is 53.2 Å². The number of aryl methyl sites for hydroxylation is 1. The van der Waals surface area contributed by atoms with Crippen LogP contribution in [0, 0.1) is 0 Å². The van der Waals surface area contributed by atoms with E-state index in [0.717, 1.165) is 31.4 Å². The number of hydrogen-bond acceptors (Lipinski definition) is 2. The quantitative estimate of drug-likeness (QED) is 0.763. The Morgan fingerprint density at radius 2 is 1.80 bits per heavy atom. The lowest BCUT2D eigenvalue weighted by molar-refractivity contribution is 0.251. The molecule has 1 saturated carbocycles. The Kier molecular flexibility index (Phi) is 4.45. The van der Waals surface area contributed by atoms with Gasteiger partial charge in [0.15, 0.2) is 0 Å². The Morgan fingerprint density at radius 3 is 2.56 bits per heavy atom. The second-order valence-corrected chi connectivity index (χ2v) is 7.17. The highest BCUT2D eigenvalue weighted by Crippen LogP contribution is 2.32. The normalized spacial score (nSPS) is 20.0. The van der Waals surface area contributed by atoms with Gasteiger partial charge in [-0.1, -0.05) is 36.4 Å². The number of hydrogen-bond donors (Lipinski definition) is 3. The van der Waals surface area contributed by atoms with Gasteiger partial charge in [0.05, 0.1) is 0 Å². The van der Waals surface area contributed by atoms with E-state index in [2.05, 4.69) is 59.3 Å². The highest BCUT2D eigenvalue weighted by atomic mass is 16.2. The summed E-state index contributed by atoms with van der Waals surface area (Å²) in [7, 11) is 0. The average molecular weight is 335 g/mol. The van der Waals surface area contributed by atoms with Crippen LogP contribution in [0.25, 0.3) is 0 Å². The molecular weight excluding hydrogens is 310 g/mol. The molecule has 0 spiro atoms. The number of nitrogens with one attached hydrogen (secondary N) is 3. The van der Waals surface area contributed by atoms with E-state index in [1.165, 1.54) is 16.7 Å². The molecule has 3 N–H and O–H groups in total. The van der Waals surface area contributed by atoms with Crippen molar-refractivity contribution >= 4 is 11.7 Å². The summed E-state index contributed by atoms with van der Waals surface area (Å²) < 4.78 is 0. The molecule has 2 aromatic rings. The Labute approximate surface area is 149 Å². The number of fused-ring (bicyclic) bond motifs is 1. The molecule has 0 saturated heterocycles. The van der Waals surface area contributed by atoms with Crippen LogP contribution in [0.3, 0.4) is 0 Å². The van der Waals surface area contributed by atoms with Crippen molar-refractivity contribution in [3.63, 3.8) is 0 Å². The predicted octanol–water partition coefficient (Wildman–Crippen LogP) is 4.31. The van der Waals surface area contributed by atoms with Gasteiger partial charge in [-0.3, -0.25) is 0 Å². The first-order chi connectivity index (χ1) is 12.2. The number of benzene rings is 2. The first kappa shape index (κ1) is 16.2. The molecule has 0 aromatic heterocycles. The summed E-state index contributed by atoms with van der Waals surface area (Å²) in [6.07, 6.45) is 4.50. The van der Waals surface area contributed by atoms with E-state index >= 15 is 0 Å². The molecule has 4 heteroatoms. The van der Waals surface area contributed by atoms with Gasteiger partial charge in [-0.2, -0.15) is 0 Å². The number of anilines is 1.